The van der Waals surface area contributed by atoms with Crippen molar-refractivity contribution in [3.8, 4) is 17.2 Å². The van der Waals surface area contributed by atoms with E-state index in [1.54, 1.807) is 6.92 Å². The van der Waals surface area contributed by atoms with E-state index in [-0.39, 0.29) is 22.9 Å². The summed E-state index contributed by atoms with van der Waals surface area (Å²) in [4.78, 5) is 12.5. The second kappa shape index (κ2) is 7.89. The largest absolute Gasteiger partial charge is 0.478 e. The van der Waals surface area contributed by atoms with E-state index in [9.17, 15) is 9.90 Å². The van der Waals surface area contributed by atoms with Crippen molar-refractivity contribution in [3.63, 3.8) is 0 Å². The van der Waals surface area contributed by atoms with Crippen molar-refractivity contribution in [1.82, 2.24) is 9.53 Å². The van der Waals surface area contributed by atoms with E-state index >= 15 is 0 Å². The van der Waals surface area contributed by atoms with Crippen LogP contribution in [0.25, 0.3) is 11.3 Å². The van der Waals surface area contributed by atoms with Crippen molar-refractivity contribution >= 4 is 28.2 Å². The second-order valence-corrected chi connectivity index (χ2v) is 7.68. The quantitative estimate of drug-likeness (QED) is 0.454. The molecule has 0 radical (unpaired) electrons. The van der Waals surface area contributed by atoms with E-state index in [2.05, 4.69) is 19.8 Å². The Morgan fingerprint density at radius 1 is 1.25 bits per heavy atom. The molecule has 1 N–H and O–H groups in total. The van der Waals surface area contributed by atoms with Crippen LogP contribution >= 0.6 is 11.5 Å². The zero-order valence-electron chi connectivity index (χ0n) is 16.0. The van der Waals surface area contributed by atoms with Crippen molar-refractivity contribution in [2.75, 3.05) is 6.61 Å². The summed E-state index contributed by atoms with van der Waals surface area (Å²) in [5.74, 6) is -0.964. The van der Waals surface area contributed by atoms with Gasteiger partial charge in [-0.2, -0.15) is 4.37 Å². The van der Waals surface area contributed by atoms with Gasteiger partial charge in [0.25, 0.3) is 0 Å². The zero-order chi connectivity index (χ0) is 20.3. The summed E-state index contributed by atoms with van der Waals surface area (Å²) in [5.41, 5.74) is 1.65. The van der Waals surface area contributed by atoms with Gasteiger partial charge >= 0.3 is 11.9 Å². The molecule has 0 saturated carbocycles. The maximum Gasteiger partial charge on any atom is 0.343 e. The number of benzene rings is 1. The second-order valence-electron chi connectivity index (χ2n) is 6.93. The summed E-state index contributed by atoms with van der Waals surface area (Å²) >= 11 is 1.02. The highest BCUT2D eigenvalue weighted by Crippen LogP contribution is 2.40. The Bertz CT molecular complexity index is 1000. The van der Waals surface area contributed by atoms with Crippen molar-refractivity contribution in [2.45, 2.75) is 33.1 Å². The third-order valence-electron chi connectivity index (χ3n) is 3.80. The number of carbonyl (C=O) groups excluding carboxylic acids is 1. The molecule has 146 valence electrons. The maximum atomic E-state index is 12.5. The van der Waals surface area contributed by atoms with E-state index in [1.807, 2.05) is 51.1 Å². The van der Waals surface area contributed by atoms with Gasteiger partial charge in [-0.15, -0.1) is 10.2 Å². The molecule has 0 atom stereocenters. The summed E-state index contributed by atoms with van der Waals surface area (Å²) in [6, 6.07) is 9.29. The molecule has 0 aliphatic heterocycles. The molecule has 8 nitrogen and oxygen atoms in total. The first-order chi connectivity index (χ1) is 13.3. The van der Waals surface area contributed by atoms with Crippen LogP contribution < -0.4 is 0 Å². The van der Waals surface area contributed by atoms with Crippen molar-refractivity contribution in [1.29, 1.82) is 0 Å². The van der Waals surface area contributed by atoms with E-state index in [1.165, 1.54) is 0 Å². The van der Waals surface area contributed by atoms with Gasteiger partial charge in [-0.25, -0.2) is 4.79 Å². The topological polar surface area (TPSA) is 110 Å². The Balaban J connectivity index is 2.06. The molecule has 28 heavy (non-hydrogen) atoms. The van der Waals surface area contributed by atoms with Gasteiger partial charge in [0.2, 0.25) is 0 Å². The smallest absolute Gasteiger partial charge is 0.343 e. The Morgan fingerprint density at radius 2 is 1.96 bits per heavy atom. The van der Waals surface area contributed by atoms with Gasteiger partial charge in [0.1, 0.15) is 17.0 Å². The van der Waals surface area contributed by atoms with Crippen LogP contribution in [0.1, 0.15) is 43.7 Å². The number of ether oxygens (including phenoxy) is 1. The highest BCUT2D eigenvalue weighted by Gasteiger charge is 2.28. The molecule has 1 aromatic carbocycles. The van der Waals surface area contributed by atoms with Gasteiger partial charge in [-0.05, 0) is 18.5 Å². The number of hydrogen-bond donors (Lipinski definition) is 1. The molecule has 0 aliphatic rings. The van der Waals surface area contributed by atoms with Crippen LogP contribution in [0.4, 0.5) is 10.7 Å². The molecule has 3 rings (SSSR count). The number of aromatic hydroxyl groups is 1. The van der Waals surface area contributed by atoms with Crippen LogP contribution in [-0.4, -0.2) is 27.2 Å². The lowest BCUT2D eigenvalue weighted by atomic mass is 9.91. The summed E-state index contributed by atoms with van der Waals surface area (Å²) in [5, 5.41) is 22.3. The molecule has 2 heterocycles. The first-order valence-electron chi connectivity index (χ1n) is 8.66. The first-order valence-corrected chi connectivity index (χ1v) is 9.43. The first kappa shape index (κ1) is 19.7. The minimum Gasteiger partial charge on any atom is -0.478 e. The number of hydrogen-bond acceptors (Lipinski definition) is 9. The molecule has 0 amide bonds. The van der Waals surface area contributed by atoms with E-state index in [0.717, 1.165) is 17.1 Å². The fraction of sp³-hybridized carbons (Fsp3) is 0.316. The standard InChI is InChI=1S/C19H20N4O4S/c1-5-26-17(24)12-13(11-9-7-6-8-10-11)23-28-16(12)21-20-14-15(19(2,3)4)22-27-18(14)25/h6-10,25H,5H2,1-4H3. The average molecular weight is 400 g/mol. The Hall–Kier alpha value is -3.07. The highest BCUT2D eigenvalue weighted by molar-refractivity contribution is 7.10. The number of esters is 1. The number of carbonyl (C=O) groups is 1. The number of rotatable bonds is 5. The third kappa shape index (κ3) is 3.94. The van der Waals surface area contributed by atoms with Gasteiger partial charge in [0.05, 0.1) is 6.61 Å². The third-order valence-corrected chi connectivity index (χ3v) is 4.53. The lowest BCUT2D eigenvalue weighted by Crippen LogP contribution is -2.11. The molecular weight excluding hydrogens is 380 g/mol. The summed E-state index contributed by atoms with van der Waals surface area (Å²) in [7, 11) is 0. The normalized spacial score (nSPS) is 11.9. The van der Waals surface area contributed by atoms with Gasteiger partial charge in [-0.3, -0.25) is 0 Å². The molecule has 0 saturated heterocycles. The van der Waals surface area contributed by atoms with Gasteiger partial charge in [0, 0.05) is 11.0 Å². The molecule has 0 spiro atoms. The van der Waals surface area contributed by atoms with Crippen LogP contribution in [0, 0.1) is 0 Å². The minimum absolute atomic E-state index is 0.122. The fourth-order valence-electron chi connectivity index (χ4n) is 2.48. The molecule has 0 unspecified atom stereocenters. The average Bonchev–Trinajstić information content (AvgIpc) is 3.24. The van der Waals surface area contributed by atoms with Gasteiger partial charge in [-0.1, -0.05) is 56.3 Å². The predicted molar refractivity (Wildman–Crippen MR) is 105 cm³/mol. The van der Waals surface area contributed by atoms with E-state index in [4.69, 9.17) is 9.26 Å². The molecular formula is C19H20N4O4S. The SMILES string of the molecule is CCOC(=O)c1c(-c2ccccc2)nsc1N=Nc1c(C(C)(C)C)noc1O. The van der Waals surface area contributed by atoms with Crippen LogP contribution in [0.5, 0.6) is 5.95 Å². The Morgan fingerprint density at radius 3 is 2.61 bits per heavy atom. The number of aromatic nitrogens is 2. The summed E-state index contributed by atoms with van der Waals surface area (Å²) in [6.45, 7) is 7.68. The molecule has 0 aliphatic carbocycles. The van der Waals surface area contributed by atoms with Crippen molar-refractivity contribution < 1.29 is 19.2 Å². The minimum atomic E-state index is -0.533. The van der Waals surface area contributed by atoms with Crippen molar-refractivity contribution in [2.24, 2.45) is 10.2 Å². The number of nitrogens with zero attached hydrogens (tertiary/aromatic N) is 4. The molecule has 0 bridgehead atoms. The maximum absolute atomic E-state index is 12.5. The Labute approximate surface area is 166 Å². The predicted octanol–water partition coefficient (Wildman–Crippen LogP) is 5.39. The number of azo groups is 1. The van der Waals surface area contributed by atoms with E-state index in [0.29, 0.717) is 11.4 Å². The summed E-state index contributed by atoms with van der Waals surface area (Å²) < 4.78 is 14.4. The van der Waals surface area contributed by atoms with Crippen LogP contribution in [-0.2, 0) is 10.2 Å². The Kier molecular flexibility index (Phi) is 5.55. The lowest BCUT2D eigenvalue weighted by molar-refractivity contribution is 0.0528. The molecule has 9 heteroatoms. The fourth-order valence-corrected chi connectivity index (χ4v) is 3.21. The van der Waals surface area contributed by atoms with Gasteiger partial charge in [0.15, 0.2) is 10.7 Å². The highest BCUT2D eigenvalue weighted by atomic mass is 32.1. The van der Waals surface area contributed by atoms with Gasteiger partial charge < -0.3 is 14.4 Å². The van der Waals surface area contributed by atoms with Crippen LogP contribution in [0.3, 0.4) is 0 Å². The zero-order valence-corrected chi connectivity index (χ0v) is 16.8. The molecule has 0 fully saturated rings. The molecule has 2 aromatic heterocycles. The van der Waals surface area contributed by atoms with Crippen LogP contribution in [0.2, 0.25) is 0 Å². The summed E-state index contributed by atoms with van der Waals surface area (Å²) in [6.07, 6.45) is 0. The lowest BCUT2D eigenvalue weighted by Gasteiger charge is -2.13. The molecule has 3 aromatic rings. The van der Waals surface area contributed by atoms with Crippen LogP contribution in [0.15, 0.2) is 45.1 Å². The van der Waals surface area contributed by atoms with Crippen molar-refractivity contribution in [3.05, 3.63) is 41.6 Å². The monoisotopic (exact) mass is 400 g/mol. The van der Waals surface area contributed by atoms with E-state index < -0.39 is 17.3 Å².